The number of imidazole rings is 1. The van der Waals surface area contributed by atoms with Crippen molar-refractivity contribution in [2.24, 2.45) is 0 Å². The highest BCUT2D eigenvalue weighted by molar-refractivity contribution is 7.14. The van der Waals surface area contributed by atoms with E-state index in [0.29, 0.717) is 6.54 Å². The first-order chi connectivity index (χ1) is 11.3. The third kappa shape index (κ3) is 3.01. The smallest absolute Gasteiger partial charge is 0.261 e. The Kier molecular flexibility index (Phi) is 3.87. The summed E-state index contributed by atoms with van der Waals surface area (Å²) in [6, 6.07) is 7.98. The number of pyridine rings is 1. The number of nitrogens with zero attached hydrogens (tertiary/aromatic N) is 2. The van der Waals surface area contributed by atoms with Gasteiger partial charge in [0.25, 0.3) is 5.91 Å². The molecular formula is C18H19N3OS. The van der Waals surface area contributed by atoms with Crippen LogP contribution in [0.3, 0.4) is 0 Å². The second-order valence-corrected chi connectivity index (χ2v) is 7.14. The molecule has 0 saturated heterocycles. The fraction of sp³-hybridized carbons (Fsp3) is 0.333. The molecule has 0 saturated carbocycles. The molecular weight excluding hydrogens is 306 g/mol. The van der Waals surface area contributed by atoms with Crippen molar-refractivity contribution in [1.29, 1.82) is 0 Å². The van der Waals surface area contributed by atoms with Gasteiger partial charge in [0.15, 0.2) is 0 Å². The van der Waals surface area contributed by atoms with Crippen LogP contribution in [0.2, 0.25) is 0 Å². The molecule has 1 aliphatic carbocycles. The molecule has 0 radical (unpaired) electrons. The Hall–Kier alpha value is -2.14. The monoisotopic (exact) mass is 325 g/mol. The summed E-state index contributed by atoms with van der Waals surface area (Å²) in [7, 11) is 0. The van der Waals surface area contributed by atoms with Crippen LogP contribution in [0.1, 0.15) is 45.1 Å². The van der Waals surface area contributed by atoms with Crippen LogP contribution in [0.5, 0.6) is 0 Å². The van der Waals surface area contributed by atoms with Crippen LogP contribution in [-0.4, -0.2) is 15.3 Å². The number of thiophene rings is 1. The van der Waals surface area contributed by atoms with Crippen molar-refractivity contribution in [3.8, 4) is 0 Å². The lowest BCUT2D eigenvalue weighted by Crippen LogP contribution is -2.21. The van der Waals surface area contributed by atoms with Gasteiger partial charge in [-0.25, -0.2) is 4.98 Å². The molecule has 23 heavy (non-hydrogen) atoms. The normalized spacial score (nSPS) is 14.4. The minimum absolute atomic E-state index is 0.0140. The molecule has 5 heteroatoms. The van der Waals surface area contributed by atoms with Crippen molar-refractivity contribution in [3.05, 3.63) is 57.7 Å². The van der Waals surface area contributed by atoms with Gasteiger partial charge in [0.1, 0.15) is 5.65 Å². The number of aromatic nitrogens is 2. The molecule has 3 aromatic heterocycles. The average molecular weight is 325 g/mol. The largest absolute Gasteiger partial charge is 0.346 e. The summed E-state index contributed by atoms with van der Waals surface area (Å²) in [6.07, 6.45) is 9.95. The van der Waals surface area contributed by atoms with E-state index in [1.807, 2.05) is 35.0 Å². The van der Waals surface area contributed by atoms with E-state index in [2.05, 4.69) is 16.4 Å². The molecule has 118 valence electrons. The van der Waals surface area contributed by atoms with Gasteiger partial charge in [-0.2, -0.15) is 0 Å². The van der Waals surface area contributed by atoms with Gasteiger partial charge in [-0.1, -0.05) is 12.5 Å². The lowest BCUT2D eigenvalue weighted by molar-refractivity contribution is 0.0954. The highest BCUT2D eigenvalue weighted by Crippen LogP contribution is 2.28. The van der Waals surface area contributed by atoms with Gasteiger partial charge in [0.05, 0.1) is 17.1 Å². The summed E-state index contributed by atoms with van der Waals surface area (Å²) in [6.45, 7) is 0.461. The van der Waals surface area contributed by atoms with Crippen LogP contribution < -0.4 is 5.32 Å². The molecule has 0 aliphatic heterocycles. The number of carbonyl (C=O) groups is 1. The van der Waals surface area contributed by atoms with Crippen LogP contribution >= 0.6 is 11.3 Å². The van der Waals surface area contributed by atoms with Crippen LogP contribution in [-0.2, 0) is 19.4 Å². The Balaban J connectivity index is 1.45. The Morgan fingerprint density at radius 2 is 2.17 bits per heavy atom. The van der Waals surface area contributed by atoms with Gasteiger partial charge in [0.2, 0.25) is 0 Å². The fourth-order valence-electron chi connectivity index (χ4n) is 3.11. The number of nitrogens with one attached hydrogen (secondary N) is 1. The molecule has 1 aliphatic rings. The molecule has 0 aromatic carbocycles. The first kappa shape index (κ1) is 14.5. The molecule has 0 bridgehead atoms. The van der Waals surface area contributed by atoms with Gasteiger partial charge in [0, 0.05) is 17.3 Å². The molecule has 0 atom stereocenters. The van der Waals surface area contributed by atoms with Crippen LogP contribution in [0.15, 0.2) is 36.7 Å². The number of rotatable bonds is 3. The third-order valence-corrected chi connectivity index (χ3v) is 5.55. The maximum Gasteiger partial charge on any atom is 0.261 e. The molecule has 1 N–H and O–H groups in total. The van der Waals surface area contributed by atoms with E-state index >= 15 is 0 Å². The molecule has 4 rings (SSSR count). The quantitative estimate of drug-likeness (QED) is 0.748. The van der Waals surface area contributed by atoms with Crippen molar-refractivity contribution >= 4 is 22.9 Å². The zero-order chi connectivity index (χ0) is 15.6. The van der Waals surface area contributed by atoms with Crippen LogP contribution in [0.25, 0.3) is 5.65 Å². The van der Waals surface area contributed by atoms with Gasteiger partial charge >= 0.3 is 0 Å². The molecule has 4 nitrogen and oxygen atoms in total. The molecule has 0 fully saturated rings. The SMILES string of the molecule is O=C(NCc1cn2ccccc2n1)c1cc2c(s1)CCCCC2. The second kappa shape index (κ2) is 6.16. The number of hydrogen-bond donors (Lipinski definition) is 1. The van der Waals surface area contributed by atoms with Gasteiger partial charge in [-0.15, -0.1) is 11.3 Å². The van der Waals surface area contributed by atoms with E-state index in [9.17, 15) is 4.79 Å². The summed E-state index contributed by atoms with van der Waals surface area (Å²) in [4.78, 5) is 19.1. The third-order valence-electron chi connectivity index (χ3n) is 4.31. The average Bonchev–Trinajstić information content (AvgIpc) is 3.10. The number of hydrogen-bond acceptors (Lipinski definition) is 3. The maximum absolute atomic E-state index is 12.4. The van der Waals surface area contributed by atoms with Gasteiger partial charge < -0.3 is 9.72 Å². The first-order valence-electron chi connectivity index (χ1n) is 8.12. The van der Waals surface area contributed by atoms with E-state index in [1.54, 1.807) is 11.3 Å². The van der Waals surface area contributed by atoms with Crippen molar-refractivity contribution in [3.63, 3.8) is 0 Å². The Morgan fingerprint density at radius 1 is 1.26 bits per heavy atom. The van der Waals surface area contributed by atoms with Crippen molar-refractivity contribution in [1.82, 2.24) is 14.7 Å². The Labute approximate surface area is 139 Å². The summed E-state index contributed by atoms with van der Waals surface area (Å²) in [5, 5.41) is 3.00. The van der Waals surface area contributed by atoms with Crippen LogP contribution in [0, 0.1) is 0 Å². The number of aryl methyl sites for hydroxylation is 2. The topological polar surface area (TPSA) is 46.4 Å². The minimum atomic E-state index is 0.0140. The van der Waals surface area contributed by atoms with Crippen molar-refractivity contribution < 1.29 is 4.79 Å². The summed E-state index contributed by atoms with van der Waals surface area (Å²) < 4.78 is 1.97. The van der Waals surface area contributed by atoms with E-state index in [4.69, 9.17) is 0 Å². The predicted molar refractivity (Wildman–Crippen MR) is 91.9 cm³/mol. The predicted octanol–water partition coefficient (Wildman–Crippen LogP) is 3.59. The summed E-state index contributed by atoms with van der Waals surface area (Å²) in [5.74, 6) is 0.0140. The standard InChI is InChI=1S/C18H19N3OS/c22-18(16-10-13-6-2-1-3-7-15(13)23-16)19-11-14-12-21-9-5-4-8-17(21)20-14/h4-5,8-10,12H,1-3,6-7,11H2,(H,19,22). The highest BCUT2D eigenvalue weighted by Gasteiger charge is 2.16. The molecule has 3 aromatic rings. The fourth-order valence-corrected chi connectivity index (χ4v) is 4.28. The highest BCUT2D eigenvalue weighted by atomic mass is 32.1. The lowest BCUT2D eigenvalue weighted by Gasteiger charge is -2.00. The summed E-state index contributed by atoms with van der Waals surface area (Å²) >= 11 is 1.66. The first-order valence-corrected chi connectivity index (χ1v) is 8.94. The zero-order valence-corrected chi connectivity index (χ0v) is 13.7. The molecule has 1 amide bonds. The molecule has 0 spiro atoms. The Bertz CT molecular complexity index is 792. The van der Waals surface area contributed by atoms with Gasteiger partial charge in [-0.3, -0.25) is 4.79 Å². The zero-order valence-electron chi connectivity index (χ0n) is 12.9. The second-order valence-electron chi connectivity index (χ2n) is 6.00. The van der Waals surface area contributed by atoms with Crippen molar-refractivity contribution in [2.75, 3.05) is 0 Å². The lowest BCUT2D eigenvalue weighted by atomic mass is 10.1. The van der Waals surface area contributed by atoms with Gasteiger partial charge in [-0.05, 0) is 49.4 Å². The van der Waals surface area contributed by atoms with E-state index in [0.717, 1.165) is 29.1 Å². The van der Waals surface area contributed by atoms with E-state index in [-0.39, 0.29) is 5.91 Å². The maximum atomic E-state index is 12.4. The minimum Gasteiger partial charge on any atom is -0.346 e. The number of fused-ring (bicyclic) bond motifs is 2. The number of amides is 1. The Morgan fingerprint density at radius 3 is 3.09 bits per heavy atom. The van der Waals surface area contributed by atoms with E-state index in [1.165, 1.54) is 29.7 Å². The van der Waals surface area contributed by atoms with E-state index < -0.39 is 0 Å². The number of carbonyl (C=O) groups excluding carboxylic acids is 1. The van der Waals surface area contributed by atoms with Crippen molar-refractivity contribution in [2.45, 2.75) is 38.6 Å². The molecule has 0 unspecified atom stereocenters. The van der Waals surface area contributed by atoms with Crippen LogP contribution in [0.4, 0.5) is 0 Å². The summed E-state index contributed by atoms with van der Waals surface area (Å²) in [5.41, 5.74) is 3.16. The molecule has 3 heterocycles.